The fourth-order valence-electron chi connectivity index (χ4n) is 5.20. The summed E-state index contributed by atoms with van der Waals surface area (Å²) in [4.78, 5) is 19.8. The average molecular weight is 664 g/mol. The van der Waals surface area contributed by atoms with Crippen LogP contribution >= 0.6 is 43.2 Å². The summed E-state index contributed by atoms with van der Waals surface area (Å²) in [5.74, 6) is 1.48. The SMILES string of the molecule is C=CCOc1c(Br)cc(/C=c2/sc3n(c2=O)[C@H](c2ccc(OC)cc2)C2=C(N=3)c3ccccc3CC2)cc1Br. The lowest BCUT2D eigenvalue weighted by molar-refractivity contribution is 0.358. The topological polar surface area (TPSA) is 52.8 Å². The average Bonchev–Trinajstić information content (AvgIpc) is 3.25. The van der Waals surface area contributed by atoms with Crippen LogP contribution in [0.15, 0.2) is 97.6 Å². The lowest BCUT2D eigenvalue weighted by Gasteiger charge is -2.30. The first-order valence-corrected chi connectivity index (χ1v) is 14.9. The fraction of sp³-hybridized carbons (Fsp3) is 0.161. The van der Waals surface area contributed by atoms with Gasteiger partial charge in [0.25, 0.3) is 5.56 Å². The number of hydrogen-bond donors (Lipinski definition) is 0. The number of benzene rings is 3. The Bertz CT molecular complexity index is 1800. The van der Waals surface area contributed by atoms with Crippen LogP contribution in [0, 0.1) is 0 Å². The van der Waals surface area contributed by atoms with Gasteiger partial charge in [-0.05, 0) is 97.3 Å². The molecule has 0 unspecified atom stereocenters. The standard InChI is InChI=1S/C31H24Br2N2O3S/c1-3-14-38-29-24(32)15-18(16-25(29)33)17-26-30(36)35-28(20-8-11-21(37-2)12-9-20)23-13-10-19-6-4-5-7-22(19)27(23)34-31(35)39-26/h3-9,11-12,15-17,28H,1,10,13-14H2,2H3/b26-17+/t28-/m1/s1. The van der Waals surface area contributed by atoms with Gasteiger partial charge in [-0.2, -0.15) is 0 Å². The molecule has 0 bridgehead atoms. The Morgan fingerprint density at radius 2 is 1.85 bits per heavy atom. The van der Waals surface area contributed by atoms with Crippen LogP contribution in [0.5, 0.6) is 11.5 Å². The highest BCUT2D eigenvalue weighted by Crippen LogP contribution is 2.41. The zero-order chi connectivity index (χ0) is 27.1. The number of thiazole rings is 1. The molecule has 4 aromatic rings. The minimum absolute atomic E-state index is 0.0517. The third-order valence-corrected chi connectivity index (χ3v) is 9.13. The van der Waals surface area contributed by atoms with Gasteiger partial charge in [0.05, 0.1) is 32.3 Å². The molecule has 0 fully saturated rings. The largest absolute Gasteiger partial charge is 0.497 e. The highest BCUT2D eigenvalue weighted by atomic mass is 79.9. The van der Waals surface area contributed by atoms with E-state index in [4.69, 9.17) is 14.5 Å². The highest BCUT2D eigenvalue weighted by Gasteiger charge is 2.32. The van der Waals surface area contributed by atoms with Crippen LogP contribution in [-0.2, 0) is 6.42 Å². The van der Waals surface area contributed by atoms with E-state index >= 15 is 0 Å². The maximum absolute atomic E-state index is 14.0. The molecule has 1 aliphatic carbocycles. The van der Waals surface area contributed by atoms with Gasteiger partial charge >= 0.3 is 0 Å². The molecule has 0 radical (unpaired) electrons. The van der Waals surface area contributed by atoms with Gasteiger partial charge in [-0.25, -0.2) is 4.99 Å². The molecule has 1 atom stereocenters. The van der Waals surface area contributed by atoms with E-state index in [9.17, 15) is 4.79 Å². The van der Waals surface area contributed by atoms with Gasteiger partial charge in [0.1, 0.15) is 18.1 Å². The molecule has 196 valence electrons. The molecule has 3 aromatic carbocycles. The van der Waals surface area contributed by atoms with Crippen molar-refractivity contribution in [2.24, 2.45) is 4.99 Å². The van der Waals surface area contributed by atoms with E-state index in [1.165, 1.54) is 22.5 Å². The molecule has 0 amide bonds. The first-order chi connectivity index (χ1) is 19.0. The predicted octanol–water partition coefficient (Wildman–Crippen LogP) is 6.42. The second-order valence-corrected chi connectivity index (χ2v) is 12.0. The summed E-state index contributed by atoms with van der Waals surface area (Å²) in [6.07, 6.45) is 5.38. The third kappa shape index (κ3) is 4.75. The number of allylic oxidation sites excluding steroid dienone is 1. The van der Waals surface area contributed by atoms with Gasteiger partial charge in [-0.3, -0.25) is 9.36 Å². The lowest BCUT2D eigenvalue weighted by atomic mass is 9.83. The number of halogens is 2. The van der Waals surface area contributed by atoms with Crippen molar-refractivity contribution in [3.8, 4) is 11.5 Å². The quantitative estimate of drug-likeness (QED) is 0.224. The van der Waals surface area contributed by atoms with Crippen molar-refractivity contribution in [1.82, 2.24) is 4.57 Å². The number of methoxy groups -OCH3 is 1. The molecule has 6 rings (SSSR count). The predicted molar refractivity (Wildman–Crippen MR) is 163 cm³/mol. The van der Waals surface area contributed by atoms with E-state index in [1.54, 1.807) is 13.2 Å². The number of aromatic nitrogens is 1. The van der Waals surface area contributed by atoms with Crippen molar-refractivity contribution >= 4 is 55.0 Å². The normalized spacial score (nSPS) is 16.2. The Kier molecular flexibility index (Phi) is 7.18. The number of hydrogen-bond acceptors (Lipinski definition) is 5. The first kappa shape index (κ1) is 26.0. The minimum atomic E-state index is -0.231. The van der Waals surface area contributed by atoms with Crippen LogP contribution in [-0.4, -0.2) is 18.3 Å². The lowest BCUT2D eigenvalue weighted by Crippen LogP contribution is -2.38. The Labute approximate surface area is 246 Å². The molecule has 8 heteroatoms. The summed E-state index contributed by atoms with van der Waals surface area (Å²) in [6.45, 7) is 4.11. The highest BCUT2D eigenvalue weighted by molar-refractivity contribution is 9.11. The van der Waals surface area contributed by atoms with Crippen molar-refractivity contribution in [3.05, 3.63) is 130 Å². The maximum Gasteiger partial charge on any atom is 0.271 e. The van der Waals surface area contributed by atoms with Crippen LogP contribution in [0.4, 0.5) is 0 Å². The Balaban J connectivity index is 1.54. The van der Waals surface area contributed by atoms with Crippen molar-refractivity contribution in [3.63, 3.8) is 0 Å². The molecular weight excluding hydrogens is 640 g/mol. The van der Waals surface area contributed by atoms with Gasteiger partial charge < -0.3 is 9.47 Å². The van der Waals surface area contributed by atoms with Crippen molar-refractivity contribution < 1.29 is 9.47 Å². The van der Waals surface area contributed by atoms with Crippen LogP contribution in [0.1, 0.15) is 34.7 Å². The van der Waals surface area contributed by atoms with Crippen molar-refractivity contribution in [2.75, 3.05) is 13.7 Å². The molecule has 0 N–H and O–H groups in total. The minimum Gasteiger partial charge on any atom is -0.497 e. The molecule has 1 aromatic heterocycles. The fourth-order valence-corrected chi connectivity index (χ4v) is 7.65. The summed E-state index contributed by atoms with van der Waals surface area (Å²) in [5, 5.41) is 0. The van der Waals surface area contributed by atoms with Gasteiger partial charge in [0, 0.05) is 5.56 Å². The number of nitrogens with zero attached hydrogens (tertiary/aromatic N) is 2. The second-order valence-electron chi connectivity index (χ2n) is 9.30. The first-order valence-electron chi connectivity index (χ1n) is 12.5. The van der Waals surface area contributed by atoms with Crippen molar-refractivity contribution in [2.45, 2.75) is 18.9 Å². The van der Waals surface area contributed by atoms with E-state index in [0.29, 0.717) is 21.7 Å². The van der Waals surface area contributed by atoms with Crippen molar-refractivity contribution in [1.29, 1.82) is 0 Å². The third-order valence-electron chi connectivity index (χ3n) is 6.97. The van der Waals surface area contributed by atoms with Gasteiger partial charge in [0.2, 0.25) is 0 Å². The maximum atomic E-state index is 14.0. The smallest absolute Gasteiger partial charge is 0.271 e. The van der Waals surface area contributed by atoms with E-state index in [0.717, 1.165) is 49.9 Å². The summed E-state index contributed by atoms with van der Waals surface area (Å²) >= 11 is 8.62. The molecule has 2 aliphatic rings. The molecule has 5 nitrogen and oxygen atoms in total. The van der Waals surface area contributed by atoms with E-state index in [2.05, 4.69) is 62.7 Å². The van der Waals surface area contributed by atoms with E-state index in [1.807, 2.05) is 47.0 Å². The van der Waals surface area contributed by atoms with Crippen LogP contribution in [0.3, 0.4) is 0 Å². The molecule has 0 saturated carbocycles. The summed E-state index contributed by atoms with van der Waals surface area (Å²) in [6, 6.07) is 20.1. The zero-order valence-corrected chi connectivity index (χ0v) is 25.1. The van der Waals surface area contributed by atoms with Crippen LogP contribution in [0.2, 0.25) is 0 Å². The molecule has 2 heterocycles. The van der Waals surface area contributed by atoms with Gasteiger partial charge in [-0.15, -0.1) is 0 Å². The summed E-state index contributed by atoms with van der Waals surface area (Å²) in [5.41, 5.74) is 6.47. The van der Waals surface area contributed by atoms with Gasteiger partial charge in [0.15, 0.2) is 4.80 Å². The summed E-state index contributed by atoms with van der Waals surface area (Å²) < 4.78 is 15.2. The molecular formula is C31H24Br2N2O3S. The molecule has 39 heavy (non-hydrogen) atoms. The Hall–Kier alpha value is -3.20. The number of rotatable bonds is 6. The Morgan fingerprint density at radius 3 is 2.56 bits per heavy atom. The molecule has 0 spiro atoms. The number of ether oxygens (including phenoxy) is 2. The molecule has 0 saturated heterocycles. The van der Waals surface area contributed by atoms with E-state index < -0.39 is 0 Å². The van der Waals surface area contributed by atoms with E-state index in [-0.39, 0.29) is 11.6 Å². The second kappa shape index (κ2) is 10.8. The Morgan fingerprint density at radius 1 is 1.10 bits per heavy atom. The monoisotopic (exact) mass is 662 g/mol. The number of fused-ring (bicyclic) bond motifs is 3. The van der Waals surface area contributed by atoms with Gasteiger partial charge in [-0.1, -0.05) is 60.4 Å². The zero-order valence-electron chi connectivity index (χ0n) is 21.1. The van der Waals surface area contributed by atoms with Crippen LogP contribution in [0.25, 0.3) is 11.8 Å². The number of aryl methyl sites for hydroxylation is 1. The molecule has 1 aliphatic heterocycles. The summed E-state index contributed by atoms with van der Waals surface area (Å²) in [7, 11) is 1.66. The van der Waals surface area contributed by atoms with Crippen LogP contribution < -0.4 is 24.4 Å².